The smallest absolute Gasteiger partial charge is 0.416 e. The van der Waals surface area contributed by atoms with E-state index < -0.39 is 35.6 Å². The minimum absolute atomic E-state index is 0.192. The maximum Gasteiger partial charge on any atom is 0.416 e. The summed E-state index contributed by atoms with van der Waals surface area (Å²) >= 11 is 0. The fraction of sp³-hybridized carbons (Fsp3) is 0.263. The summed E-state index contributed by atoms with van der Waals surface area (Å²) in [6, 6.07) is 11.9. The molecule has 3 unspecified atom stereocenters. The molecular formula is C19H16F3NO3. The van der Waals surface area contributed by atoms with Gasteiger partial charge in [0.15, 0.2) is 6.04 Å². The van der Waals surface area contributed by atoms with Gasteiger partial charge in [0.1, 0.15) is 0 Å². The summed E-state index contributed by atoms with van der Waals surface area (Å²) in [4.78, 5) is 23.8. The van der Waals surface area contributed by atoms with Crippen molar-refractivity contribution in [1.29, 1.82) is 0 Å². The molecule has 7 heteroatoms. The van der Waals surface area contributed by atoms with Crippen LogP contribution in [0.1, 0.15) is 35.1 Å². The lowest BCUT2D eigenvalue weighted by atomic mass is 10.0. The molecule has 0 radical (unpaired) electrons. The Morgan fingerprint density at radius 1 is 1.04 bits per heavy atom. The number of alkyl halides is 3. The lowest BCUT2D eigenvalue weighted by molar-refractivity contribution is -0.142. The van der Waals surface area contributed by atoms with E-state index in [1.807, 2.05) is 0 Å². The van der Waals surface area contributed by atoms with Crippen molar-refractivity contribution in [2.75, 3.05) is 0 Å². The van der Waals surface area contributed by atoms with Gasteiger partial charge < -0.3 is 10.4 Å². The van der Waals surface area contributed by atoms with Gasteiger partial charge in [0, 0.05) is 5.92 Å². The summed E-state index contributed by atoms with van der Waals surface area (Å²) in [5.74, 6) is -2.21. The molecule has 1 aliphatic rings. The molecule has 26 heavy (non-hydrogen) atoms. The number of benzene rings is 2. The molecule has 2 aromatic carbocycles. The second-order valence-electron chi connectivity index (χ2n) is 6.26. The number of carbonyl (C=O) groups is 2. The Morgan fingerprint density at radius 2 is 1.65 bits per heavy atom. The molecule has 3 atom stereocenters. The fourth-order valence-corrected chi connectivity index (χ4v) is 2.95. The van der Waals surface area contributed by atoms with Gasteiger partial charge in [0.2, 0.25) is 5.91 Å². The number of carboxylic acids is 1. The highest BCUT2D eigenvalue weighted by Crippen LogP contribution is 2.48. The maximum absolute atomic E-state index is 12.6. The van der Waals surface area contributed by atoms with E-state index in [0.717, 1.165) is 12.1 Å². The van der Waals surface area contributed by atoms with Crippen molar-refractivity contribution in [3.63, 3.8) is 0 Å². The maximum atomic E-state index is 12.6. The van der Waals surface area contributed by atoms with Crippen LogP contribution in [-0.2, 0) is 15.8 Å². The number of rotatable bonds is 5. The molecule has 1 saturated carbocycles. The molecule has 1 amide bonds. The van der Waals surface area contributed by atoms with Crippen LogP contribution in [-0.4, -0.2) is 17.0 Å². The molecule has 0 spiro atoms. The Kier molecular flexibility index (Phi) is 4.71. The third kappa shape index (κ3) is 3.87. The minimum Gasteiger partial charge on any atom is -0.479 e. The second-order valence-corrected chi connectivity index (χ2v) is 6.26. The van der Waals surface area contributed by atoms with E-state index in [-0.39, 0.29) is 5.92 Å². The van der Waals surface area contributed by atoms with Crippen LogP contribution >= 0.6 is 0 Å². The van der Waals surface area contributed by atoms with Crippen LogP contribution in [0, 0.1) is 5.92 Å². The summed E-state index contributed by atoms with van der Waals surface area (Å²) in [5.41, 5.74) is 0.364. The normalized spacial score (nSPS) is 20.3. The number of hydrogen-bond donors (Lipinski definition) is 2. The number of carbonyl (C=O) groups excluding carboxylic acids is 1. The van der Waals surface area contributed by atoms with Crippen molar-refractivity contribution in [2.24, 2.45) is 5.92 Å². The predicted octanol–water partition coefficient (Wildman–Crippen LogP) is 3.75. The standard InChI is InChI=1S/C19H16F3NO3/c20-19(21,22)13-8-6-11(7-9-13)14-10-15(14)17(24)23-16(18(25)26)12-4-2-1-3-5-12/h1-9,14-16H,10H2,(H,23,24)(H,25,26). The number of hydrogen-bond acceptors (Lipinski definition) is 2. The summed E-state index contributed by atoms with van der Waals surface area (Å²) in [5, 5.41) is 11.9. The zero-order chi connectivity index (χ0) is 18.9. The fourth-order valence-electron chi connectivity index (χ4n) is 2.95. The van der Waals surface area contributed by atoms with Crippen LogP contribution in [0.25, 0.3) is 0 Å². The third-order valence-electron chi connectivity index (χ3n) is 4.46. The van der Waals surface area contributed by atoms with Crippen molar-refractivity contribution < 1.29 is 27.9 Å². The first kappa shape index (κ1) is 18.0. The average Bonchev–Trinajstić information content (AvgIpc) is 3.40. The molecule has 0 heterocycles. The number of nitrogens with one attached hydrogen (secondary N) is 1. The van der Waals surface area contributed by atoms with Crippen molar-refractivity contribution >= 4 is 11.9 Å². The van der Waals surface area contributed by atoms with Gasteiger partial charge in [-0.25, -0.2) is 4.79 Å². The van der Waals surface area contributed by atoms with Gasteiger partial charge in [-0.1, -0.05) is 42.5 Å². The highest BCUT2D eigenvalue weighted by molar-refractivity contribution is 5.88. The second kappa shape index (κ2) is 6.82. The predicted molar refractivity (Wildman–Crippen MR) is 87.3 cm³/mol. The van der Waals surface area contributed by atoms with Crippen LogP contribution in [0.2, 0.25) is 0 Å². The van der Waals surface area contributed by atoms with E-state index in [1.165, 1.54) is 12.1 Å². The topological polar surface area (TPSA) is 66.4 Å². The quantitative estimate of drug-likeness (QED) is 0.850. The lowest BCUT2D eigenvalue weighted by Gasteiger charge is -2.15. The molecule has 0 saturated heterocycles. The van der Waals surface area contributed by atoms with Crippen molar-refractivity contribution in [1.82, 2.24) is 5.32 Å². The zero-order valence-electron chi connectivity index (χ0n) is 13.5. The van der Waals surface area contributed by atoms with Gasteiger partial charge >= 0.3 is 12.1 Å². The Bertz CT molecular complexity index is 803. The van der Waals surface area contributed by atoms with Crippen LogP contribution in [0.4, 0.5) is 13.2 Å². The Labute approximate surface area is 147 Å². The van der Waals surface area contributed by atoms with Gasteiger partial charge in [0.25, 0.3) is 0 Å². The summed E-state index contributed by atoms with van der Waals surface area (Å²) < 4.78 is 37.8. The van der Waals surface area contributed by atoms with E-state index in [9.17, 15) is 27.9 Å². The Hall–Kier alpha value is -2.83. The van der Waals surface area contributed by atoms with Gasteiger partial charge in [-0.15, -0.1) is 0 Å². The summed E-state index contributed by atoms with van der Waals surface area (Å²) in [6.07, 6.45) is -3.92. The van der Waals surface area contributed by atoms with Crippen LogP contribution in [0.5, 0.6) is 0 Å². The highest BCUT2D eigenvalue weighted by Gasteiger charge is 2.45. The van der Waals surface area contributed by atoms with Crippen LogP contribution in [0.15, 0.2) is 54.6 Å². The zero-order valence-corrected chi connectivity index (χ0v) is 13.5. The summed E-state index contributed by atoms with van der Waals surface area (Å²) in [7, 11) is 0. The molecule has 0 bridgehead atoms. The number of carboxylic acid groups (broad SMARTS) is 1. The van der Waals surface area contributed by atoms with Crippen LogP contribution < -0.4 is 5.32 Å². The number of amides is 1. The Morgan fingerprint density at radius 3 is 2.19 bits per heavy atom. The molecule has 2 N–H and O–H groups in total. The van der Waals surface area contributed by atoms with Gasteiger partial charge in [-0.2, -0.15) is 13.2 Å². The molecule has 4 nitrogen and oxygen atoms in total. The molecule has 0 aromatic heterocycles. The van der Waals surface area contributed by atoms with Gasteiger partial charge in [0.05, 0.1) is 5.56 Å². The van der Waals surface area contributed by atoms with E-state index >= 15 is 0 Å². The Balaban J connectivity index is 1.66. The molecule has 0 aliphatic heterocycles. The van der Waals surface area contributed by atoms with Gasteiger partial charge in [-0.05, 0) is 35.6 Å². The van der Waals surface area contributed by atoms with Gasteiger partial charge in [-0.3, -0.25) is 4.79 Å². The van der Waals surface area contributed by atoms with E-state index in [2.05, 4.69) is 5.32 Å². The number of halogens is 3. The molecule has 1 fully saturated rings. The van der Waals surface area contributed by atoms with E-state index in [0.29, 0.717) is 17.5 Å². The molecule has 3 rings (SSSR count). The van der Waals surface area contributed by atoms with E-state index in [1.54, 1.807) is 30.3 Å². The lowest BCUT2D eigenvalue weighted by Crippen LogP contribution is -2.34. The van der Waals surface area contributed by atoms with Crippen molar-refractivity contribution in [3.8, 4) is 0 Å². The highest BCUT2D eigenvalue weighted by atomic mass is 19.4. The SMILES string of the molecule is O=C(O)C(NC(=O)C1CC1c1ccc(C(F)(F)F)cc1)c1ccccc1. The largest absolute Gasteiger partial charge is 0.479 e. The molecule has 2 aromatic rings. The minimum atomic E-state index is -4.40. The van der Waals surface area contributed by atoms with Crippen molar-refractivity contribution in [3.05, 3.63) is 71.3 Å². The average molecular weight is 363 g/mol. The first-order valence-corrected chi connectivity index (χ1v) is 8.02. The summed E-state index contributed by atoms with van der Waals surface area (Å²) in [6.45, 7) is 0. The monoisotopic (exact) mass is 363 g/mol. The first-order chi connectivity index (χ1) is 12.3. The number of aliphatic carboxylic acids is 1. The molecule has 136 valence electrons. The third-order valence-corrected chi connectivity index (χ3v) is 4.46. The van der Waals surface area contributed by atoms with Crippen LogP contribution in [0.3, 0.4) is 0 Å². The molecular weight excluding hydrogens is 347 g/mol. The first-order valence-electron chi connectivity index (χ1n) is 8.02. The van der Waals surface area contributed by atoms with E-state index in [4.69, 9.17) is 0 Å². The van der Waals surface area contributed by atoms with Crippen molar-refractivity contribution in [2.45, 2.75) is 24.6 Å². The molecule has 1 aliphatic carbocycles.